The average Bonchev–Trinajstić information content (AvgIpc) is 2.01. The zero-order valence-corrected chi connectivity index (χ0v) is 9.38. The first kappa shape index (κ1) is 12.2. The predicted octanol–water partition coefficient (Wildman–Crippen LogP) is 4.50. The van der Waals surface area contributed by atoms with Crippen LogP contribution in [0, 0.1) is 5.41 Å². The molecule has 0 aromatic rings. The molecular formula is C13H22. The fraction of sp³-hybridized carbons (Fsp3) is 0.538. The lowest BCUT2D eigenvalue weighted by Crippen LogP contribution is -1.97. The minimum absolute atomic E-state index is 0.313. The summed E-state index contributed by atoms with van der Waals surface area (Å²) in [7, 11) is 0. The number of hydrogen-bond acceptors (Lipinski definition) is 0. The summed E-state index contributed by atoms with van der Waals surface area (Å²) in [5, 5.41) is 0. The van der Waals surface area contributed by atoms with Crippen LogP contribution in [-0.2, 0) is 0 Å². The van der Waals surface area contributed by atoms with Crippen LogP contribution in [0.15, 0.2) is 36.5 Å². The number of rotatable bonds is 4. The van der Waals surface area contributed by atoms with Crippen LogP contribution in [0.5, 0.6) is 0 Å². The van der Waals surface area contributed by atoms with E-state index in [1.165, 1.54) is 0 Å². The second-order valence-corrected chi connectivity index (χ2v) is 4.27. The van der Waals surface area contributed by atoms with Gasteiger partial charge >= 0.3 is 0 Å². The zero-order valence-electron chi connectivity index (χ0n) is 9.38. The van der Waals surface area contributed by atoms with E-state index in [1.54, 1.807) is 0 Å². The van der Waals surface area contributed by atoms with Gasteiger partial charge in [0.1, 0.15) is 0 Å². The van der Waals surface area contributed by atoms with E-state index >= 15 is 0 Å². The lowest BCUT2D eigenvalue weighted by molar-refractivity contribution is 0.543. The van der Waals surface area contributed by atoms with Crippen molar-refractivity contribution < 1.29 is 0 Å². The summed E-state index contributed by atoms with van der Waals surface area (Å²) in [5.41, 5.74) is 0.313. The van der Waals surface area contributed by atoms with Crippen LogP contribution in [0.3, 0.4) is 0 Å². The van der Waals surface area contributed by atoms with Crippen LogP contribution < -0.4 is 0 Å². The standard InChI is InChI=1S/C13H22/c1-5-6-7-8-9-10-11-12-13(2,3)4/h6-9,11-12H,5,10H2,1-4H3/b7-6+,9-8-,12-11?. The molecule has 13 heavy (non-hydrogen) atoms. The van der Waals surface area contributed by atoms with Crippen LogP contribution >= 0.6 is 0 Å². The molecule has 0 nitrogen and oxygen atoms in total. The van der Waals surface area contributed by atoms with Gasteiger partial charge in [0.25, 0.3) is 0 Å². The third-order valence-electron chi connectivity index (χ3n) is 1.51. The van der Waals surface area contributed by atoms with E-state index in [1.807, 2.05) is 0 Å². The van der Waals surface area contributed by atoms with Crippen molar-refractivity contribution in [3.63, 3.8) is 0 Å². The van der Waals surface area contributed by atoms with Crippen molar-refractivity contribution in [1.82, 2.24) is 0 Å². The van der Waals surface area contributed by atoms with Gasteiger partial charge < -0.3 is 0 Å². The minimum atomic E-state index is 0.313. The van der Waals surface area contributed by atoms with E-state index in [0.29, 0.717) is 5.41 Å². The van der Waals surface area contributed by atoms with E-state index in [2.05, 4.69) is 64.2 Å². The summed E-state index contributed by atoms with van der Waals surface area (Å²) in [4.78, 5) is 0. The van der Waals surface area contributed by atoms with Gasteiger partial charge in [0.05, 0.1) is 0 Å². The summed E-state index contributed by atoms with van der Waals surface area (Å²) >= 11 is 0. The number of hydrogen-bond donors (Lipinski definition) is 0. The minimum Gasteiger partial charge on any atom is -0.0848 e. The van der Waals surface area contributed by atoms with Gasteiger partial charge in [-0.25, -0.2) is 0 Å². The molecule has 0 saturated heterocycles. The van der Waals surface area contributed by atoms with Crippen molar-refractivity contribution in [2.24, 2.45) is 5.41 Å². The van der Waals surface area contributed by atoms with Gasteiger partial charge in [-0.15, -0.1) is 0 Å². The predicted molar refractivity (Wildman–Crippen MR) is 61.8 cm³/mol. The van der Waals surface area contributed by atoms with Gasteiger partial charge in [0.15, 0.2) is 0 Å². The quantitative estimate of drug-likeness (QED) is 0.439. The Labute approximate surface area is 83.0 Å². The largest absolute Gasteiger partial charge is 0.0848 e. The van der Waals surface area contributed by atoms with Gasteiger partial charge in [0.2, 0.25) is 0 Å². The van der Waals surface area contributed by atoms with Crippen LogP contribution in [0.1, 0.15) is 40.5 Å². The maximum absolute atomic E-state index is 2.25. The Balaban J connectivity index is 3.61. The molecule has 0 fully saturated rings. The fourth-order valence-electron chi connectivity index (χ4n) is 0.872. The topological polar surface area (TPSA) is 0 Å². The molecule has 0 spiro atoms. The Morgan fingerprint density at radius 1 is 0.923 bits per heavy atom. The molecule has 0 saturated carbocycles. The van der Waals surface area contributed by atoms with Gasteiger partial charge in [-0.1, -0.05) is 64.2 Å². The second kappa shape index (κ2) is 6.71. The lowest BCUT2D eigenvalue weighted by atomic mass is 9.96. The van der Waals surface area contributed by atoms with Crippen molar-refractivity contribution in [2.45, 2.75) is 40.5 Å². The highest BCUT2D eigenvalue weighted by Crippen LogP contribution is 2.14. The fourth-order valence-corrected chi connectivity index (χ4v) is 0.872. The van der Waals surface area contributed by atoms with Gasteiger partial charge in [-0.2, -0.15) is 0 Å². The number of allylic oxidation sites excluding steroid dienone is 6. The normalized spacial score (nSPS) is 13.8. The summed E-state index contributed by atoms with van der Waals surface area (Å²) < 4.78 is 0. The van der Waals surface area contributed by atoms with E-state index in [-0.39, 0.29) is 0 Å². The van der Waals surface area contributed by atoms with Crippen LogP contribution in [-0.4, -0.2) is 0 Å². The summed E-state index contributed by atoms with van der Waals surface area (Å²) in [6.07, 6.45) is 15.2. The first-order chi connectivity index (χ1) is 6.06. The van der Waals surface area contributed by atoms with E-state index < -0.39 is 0 Å². The molecular weight excluding hydrogens is 156 g/mol. The highest BCUT2D eigenvalue weighted by molar-refractivity contribution is 5.05. The molecule has 0 aliphatic rings. The van der Waals surface area contributed by atoms with Crippen molar-refractivity contribution in [2.75, 3.05) is 0 Å². The summed E-state index contributed by atoms with van der Waals surface area (Å²) in [6.45, 7) is 8.78. The second-order valence-electron chi connectivity index (χ2n) is 4.27. The van der Waals surface area contributed by atoms with Crippen molar-refractivity contribution >= 4 is 0 Å². The Morgan fingerprint density at radius 3 is 2.08 bits per heavy atom. The SMILES string of the molecule is CC/C=C/C=C\CC=CC(C)(C)C. The lowest BCUT2D eigenvalue weighted by Gasteiger charge is -2.10. The maximum Gasteiger partial charge on any atom is -0.0166 e. The summed E-state index contributed by atoms with van der Waals surface area (Å²) in [6, 6.07) is 0. The molecule has 0 aromatic heterocycles. The molecule has 0 aliphatic heterocycles. The Morgan fingerprint density at radius 2 is 1.54 bits per heavy atom. The van der Waals surface area contributed by atoms with E-state index in [9.17, 15) is 0 Å². The molecule has 0 atom stereocenters. The molecule has 0 aliphatic carbocycles. The highest BCUT2D eigenvalue weighted by Gasteiger charge is 2.01. The molecule has 0 aromatic carbocycles. The van der Waals surface area contributed by atoms with Gasteiger partial charge in [-0.3, -0.25) is 0 Å². The van der Waals surface area contributed by atoms with Crippen LogP contribution in [0.4, 0.5) is 0 Å². The summed E-state index contributed by atoms with van der Waals surface area (Å²) in [5.74, 6) is 0. The first-order valence-electron chi connectivity index (χ1n) is 5.05. The molecule has 0 unspecified atom stereocenters. The highest BCUT2D eigenvalue weighted by atomic mass is 14.1. The molecule has 74 valence electrons. The van der Waals surface area contributed by atoms with Crippen LogP contribution in [0.25, 0.3) is 0 Å². The van der Waals surface area contributed by atoms with E-state index in [0.717, 1.165) is 12.8 Å². The Kier molecular flexibility index (Phi) is 6.30. The Bertz CT molecular complexity index is 187. The smallest absolute Gasteiger partial charge is 0.0166 e. The van der Waals surface area contributed by atoms with Crippen LogP contribution in [0.2, 0.25) is 0 Å². The molecule has 0 heterocycles. The molecule has 0 N–H and O–H groups in total. The Hall–Kier alpha value is -0.780. The third kappa shape index (κ3) is 11.2. The van der Waals surface area contributed by atoms with E-state index in [4.69, 9.17) is 0 Å². The third-order valence-corrected chi connectivity index (χ3v) is 1.51. The monoisotopic (exact) mass is 178 g/mol. The average molecular weight is 178 g/mol. The molecule has 0 heteroatoms. The molecule has 0 radical (unpaired) electrons. The molecule has 0 bridgehead atoms. The van der Waals surface area contributed by atoms with Crippen molar-refractivity contribution in [3.8, 4) is 0 Å². The maximum atomic E-state index is 2.25. The molecule has 0 rings (SSSR count). The first-order valence-corrected chi connectivity index (χ1v) is 5.05. The molecule has 0 amide bonds. The van der Waals surface area contributed by atoms with Crippen molar-refractivity contribution in [1.29, 1.82) is 0 Å². The van der Waals surface area contributed by atoms with Crippen molar-refractivity contribution in [3.05, 3.63) is 36.5 Å². The zero-order chi connectivity index (χ0) is 10.2. The van der Waals surface area contributed by atoms with Gasteiger partial charge in [-0.05, 0) is 18.3 Å². The van der Waals surface area contributed by atoms with Gasteiger partial charge in [0, 0.05) is 0 Å².